The van der Waals surface area contributed by atoms with Crippen LogP contribution < -0.4 is 15.4 Å². The number of rotatable bonds is 5. The first-order valence-corrected chi connectivity index (χ1v) is 9.41. The van der Waals surface area contributed by atoms with E-state index in [1.54, 1.807) is 42.5 Å². The highest BCUT2D eigenvalue weighted by atomic mass is 35.5. The highest BCUT2D eigenvalue weighted by Gasteiger charge is 2.13. The smallest absolute Gasteiger partial charge is 0.265 e. The summed E-state index contributed by atoms with van der Waals surface area (Å²) in [6.45, 7) is 0. The van der Waals surface area contributed by atoms with Crippen LogP contribution in [0.4, 0.5) is 11.4 Å². The first-order chi connectivity index (χ1) is 13.0. The Hall–Kier alpha value is -2.54. The topological polar surface area (TPSA) is 67.4 Å². The normalized spacial score (nSPS) is 10.3. The maximum atomic E-state index is 12.4. The van der Waals surface area contributed by atoms with E-state index < -0.39 is 0 Å². The Labute approximate surface area is 169 Å². The van der Waals surface area contributed by atoms with Crippen LogP contribution in [0.5, 0.6) is 5.75 Å². The predicted octanol–water partition coefficient (Wildman–Crippen LogP) is 5.57. The van der Waals surface area contributed by atoms with Gasteiger partial charge in [-0.1, -0.05) is 29.3 Å². The number of methoxy groups -OCH3 is 1. The van der Waals surface area contributed by atoms with Gasteiger partial charge in [0.2, 0.25) is 0 Å². The zero-order chi connectivity index (χ0) is 19.4. The van der Waals surface area contributed by atoms with Crippen molar-refractivity contribution in [3.63, 3.8) is 0 Å². The van der Waals surface area contributed by atoms with Gasteiger partial charge in [-0.15, -0.1) is 11.3 Å². The van der Waals surface area contributed by atoms with Gasteiger partial charge in [-0.3, -0.25) is 9.59 Å². The molecule has 0 bridgehead atoms. The molecule has 1 aromatic heterocycles. The summed E-state index contributed by atoms with van der Waals surface area (Å²) in [5, 5.41) is 8.05. The van der Waals surface area contributed by atoms with E-state index in [4.69, 9.17) is 27.9 Å². The number of thiophene rings is 1. The molecule has 0 aliphatic heterocycles. The number of nitrogens with one attached hydrogen (secondary N) is 2. The van der Waals surface area contributed by atoms with Gasteiger partial charge in [-0.2, -0.15) is 0 Å². The first kappa shape index (κ1) is 19.2. The molecular formula is C19H14Cl2N2O3S. The van der Waals surface area contributed by atoms with Gasteiger partial charge < -0.3 is 15.4 Å². The molecular weight excluding hydrogens is 407 g/mol. The fourth-order valence-electron chi connectivity index (χ4n) is 2.30. The van der Waals surface area contributed by atoms with Crippen molar-refractivity contribution in [3.8, 4) is 5.75 Å². The minimum absolute atomic E-state index is 0.226. The number of halogens is 2. The van der Waals surface area contributed by atoms with Crippen LogP contribution in [0.2, 0.25) is 10.0 Å². The molecule has 0 spiro atoms. The van der Waals surface area contributed by atoms with Gasteiger partial charge in [-0.25, -0.2) is 0 Å². The van der Waals surface area contributed by atoms with Gasteiger partial charge in [0.1, 0.15) is 5.75 Å². The highest BCUT2D eigenvalue weighted by molar-refractivity contribution is 7.12. The Bertz CT molecular complexity index is 991. The minimum atomic E-state index is -0.342. The van der Waals surface area contributed by atoms with Crippen molar-refractivity contribution in [1.82, 2.24) is 0 Å². The van der Waals surface area contributed by atoms with Crippen molar-refractivity contribution in [1.29, 1.82) is 0 Å². The standard InChI is InChI=1S/C19H14Cl2N2O3S/c1-26-16-10-12(22-18(24)11-4-6-13(20)14(21)9-11)5-7-15(16)23-19(25)17-3-2-8-27-17/h2-10H,1H3,(H,22,24)(H,23,25). The van der Waals surface area contributed by atoms with Crippen LogP contribution in [0.1, 0.15) is 20.0 Å². The molecule has 5 nitrogen and oxygen atoms in total. The largest absolute Gasteiger partial charge is 0.494 e. The highest BCUT2D eigenvalue weighted by Crippen LogP contribution is 2.29. The van der Waals surface area contributed by atoms with Crippen molar-refractivity contribution in [2.45, 2.75) is 0 Å². The number of ether oxygens (including phenoxy) is 1. The van der Waals surface area contributed by atoms with E-state index in [0.29, 0.717) is 37.6 Å². The van der Waals surface area contributed by atoms with Gasteiger partial charge in [0.05, 0.1) is 27.7 Å². The molecule has 2 amide bonds. The zero-order valence-electron chi connectivity index (χ0n) is 14.1. The van der Waals surface area contributed by atoms with Gasteiger partial charge in [0, 0.05) is 17.3 Å². The van der Waals surface area contributed by atoms with Crippen molar-refractivity contribution in [2.24, 2.45) is 0 Å². The third kappa shape index (κ3) is 4.60. The maximum Gasteiger partial charge on any atom is 0.265 e. The van der Waals surface area contributed by atoms with Crippen molar-refractivity contribution in [2.75, 3.05) is 17.7 Å². The zero-order valence-corrected chi connectivity index (χ0v) is 16.4. The number of anilines is 2. The lowest BCUT2D eigenvalue weighted by Gasteiger charge is -2.12. The van der Waals surface area contributed by atoms with Gasteiger partial charge in [0.15, 0.2) is 0 Å². The molecule has 0 saturated carbocycles. The molecule has 2 N–H and O–H groups in total. The molecule has 1 heterocycles. The molecule has 138 valence electrons. The van der Waals surface area contributed by atoms with Crippen LogP contribution >= 0.6 is 34.5 Å². The van der Waals surface area contributed by atoms with E-state index in [1.165, 1.54) is 24.5 Å². The van der Waals surface area contributed by atoms with E-state index >= 15 is 0 Å². The fraction of sp³-hybridized carbons (Fsp3) is 0.0526. The Kier molecular flexibility index (Phi) is 6.01. The lowest BCUT2D eigenvalue weighted by atomic mass is 10.2. The monoisotopic (exact) mass is 420 g/mol. The molecule has 0 aliphatic carbocycles. The first-order valence-electron chi connectivity index (χ1n) is 7.77. The van der Waals surface area contributed by atoms with Crippen LogP contribution in [0.3, 0.4) is 0 Å². The van der Waals surface area contributed by atoms with E-state index in [-0.39, 0.29) is 11.8 Å². The van der Waals surface area contributed by atoms with Gasteiger partial charge >= 0.3 is 0 Å². The van der Waals surface area contributed by atoms with Crippen LogP contribution in [-0.4, -0.2) is 18.9 Å². The summed E-state index contributed by atoms with van der Waals surface area (Å²) >= 11 is 13.2. The van der Waals surface area contributed by atoms with Crippen LogP contribution in [0.25, 0.3) is 0 Å². The summed E-state index contributed by atoms with van der Waals surface area (Å²) in [4.78, 5) is 25.2. The van der Waals surface area contributed by atoms with E-state index in [2.05, 4.69) is 10.6 Å². The number of amides is 2. The molecule has 0 fully saturated rings. The number of carbonyl (C=O) groups is 2. The number of carbonyl (C=O) groups excluding carboxylic acids is 2. The molecule has 2 aromatic carbocycles. The summed E-state index contributed by atoms with van der Waals surface area (Å²) in [6.07, 6.45) is 0. The summed E-state index contributed by atoms with van der Waals surface area (Å²) < 4.78 is 5.33. The van der Waals surface area contributed by atoms with Crippen molar-refractivity contribution < 1.29 is 14.3 Å². The van der Waals surface area contributed by atoms with Crippen molar-refractivity contribution in [3.05, 3.63) is 74.4 Å². The molecule has 3 aromatic rings. The summed E-state index contributed by atoms with van der Waals surface area (Å²) in [7, 11) is 1.49. The lowest BCUT2D eigenvalue weighted by molar-refractivity contribution is 0.102. The molecule has 3 rings (SSSR count). The minimum Gasteiger partial charge on any atom is -0.494 e. The number of benzene rings is 2. The molecule has 0 aliphatic rings. The molecule has 8 heteroatoms. The quantitative estimate of drug-likeness (QED) is 0.566. The van der Waals surface area contributed by atoms with Gasteiger partial charge in [0.25, 0.3) is 11.8 Å². The average Bonchev–Trinajstić information content (AvgIpc) is 3.20. The fourth-order valence-corrected chi connectivity index (χ4v) is 3.22. The van der Waals surface area contributed by atoms with Crippen LogP contribution in [0, 0.1) is 0 Å². The van der Waals surface area contributed by atoms with E-state index in [0.717, 1.165) is 0 Å². The summed E-state index contributed by atoms with van der Waals surface area (Å²) in [6, 6.07) is 13.1. The Morgan fingerprint density at radius 2 is 1.78 bits per heavy atom. The third-order valence-corrected chi connectivity index (χ3v) is 5.24. The predicted molar refractivity (Wildman–Crippen MR) is 110 cm³/mol. The maximum absolute atomic E-state index is 12.4. The second-order valence-electron chi connectivity index (χ2n) is 5.43. The molecule has 0 radical (unpaired) electrons. The van der Waals surface area contributed by atoms with E-state index in [9.17, 15) is 9.59 Å². The Balaban J connectivity index is 1.76. The van der Waals surface area contributed by atoms with Crippen LogP contribution in [-0.2, 0) is 0 Å². The molecule has 0 saturated heterocycles. The lowest BCUT2D eigenvalue weighted by Crippen LogP contribution is -2.13. The Morgan fingerprint density at radius 3 is 2.44 bits per heavy atom. The van der Waals surface area contributed by atoms with Crippen molar-refractivity contribution >= 4 is 57.7 Å². The summed E-state index contributed by atoms with van der Waals surface area (Å²) in [5.74, 6) is -0.145. The second-order valence-corrected chi connectivity index (χ2v) is 7.19. The molecule has 27 heavy (non-hydrogen) atoms. The second kappa shape index (κ2) is 8.43. The van der Waals surface area contributed by atoms with Crippen LogP contribution in [0.15, 0.2) is 53.9 Å². The molecule has 0 unspecified atom stereocenters. The third-order valence-electron chi connectivity index (χ3n) is 3.63. The van der Waals surface area contributed by atoms with E-state index in [1.807, 2.05) is 5.38 Å². The Morgan fingerprint density at radius 1 is 0.963 bits per heavy atom. The number of hydrogen-bond acceptors (Lipinski definition) is 4. The van der Waals surface area contributed by atoms with Gasteiger partial charge in [-0.05, 0) is 41.8 Å². The average molecular weight is 421 g/mol. The molecule has 0 atom stereocenters. The SMILES string of the molecule is COc1cc(NC(=O)c2ccc(Cl)c(Cl)c2)ccc1NC(=O)c1cccs1. The number of hydrogen-bond donors (Lipinski definition) is 2. The summed E-state index contributed by atoms with van der Waals surface area (Å²) in [5.41, 5.74) is 1.39.